The Morgan fingerprint density at radius 1 is 1.19 bits per heavy atom. The van der Waals surface area contributed by atoms with Crippen molar-refractivity contribution < 1.29 is 14.3 Å². The lowest BCUT2D eigenvalue weighted by Crippen LogP contribution is -2.43. The van der Waals surface area contributed by atoms with Gasteiger partial charge in [0.25, 0.3) is 5.91 Å². The van der Waals surface area contributed by atoms with E-state index in [1.807, 2.05) is 17.9 Å². The van der Waals surface area contributed by atoms with E-state index in [1.165, 1.54) is 12.8 Å². The predicted molar refractivity (Wildman–Crippen MR) is 96.6 cm³/mol. The van der Waals surface area contributed by atoms with Gasteiger partial charge in [-0.3, -0.25) is 4.79 Å². The zero-order valence-electron chi connectivity index (χ0n) is 15.3. The molecule has 1 amide bonds. The Labute approximate surface area is 154 Å². The van der Waals surface area contributed by atoms with Crippen LogP contribution in [0.3, 0.4) is 0 Å². The normalized spacial score (nSPS) is 24.0. The Morgan fingerprint density at radius 2 is 2.04 bits per heavy atom. The van der Waals surface area contributed by atoms with Gasteiger partial charge in [-0.05, 0) is 38.7 Å². The first-order valence-electron chi connectivity index (χ1n) is 9.53. The number of nitrogens with zero attached hydrogens (tertiary/aromatic N) is 4. The average Bonchev–Trinajstić information content (AvgIpc) is 3.23. The minimum atomic E-state index is -0.206. The van der Waals surface area contributed by atoms with E-state index in [1.54, 1.807) is 6.20 Å². The topological polar surface area (TPSA) is 67.8 Å². The van der Waals surface area contributed by atoms with Crippen molar-refractivity contribution in [1.29, 1.82) is 0 Å². The molecular formula is C19H26N4O3. The van der Waals surface area contributed by atoms with E-state index in [0.717, 1.165) is 48.9 Å². The van der Waals surface area contributed by atoms with E-state index in [0.29, 0.717) is 26.3 Å². The Hall–Kier alpha value is -2.15. The molecule has 4 heterocycles. The highest BCUT2D eigenvalue weighted by molar-refractivity contribution is 5.94. The number of hydrogen-bond acceptors (Lipinski definition) is 6. The van der Waals surface area contributed by atoms with Crippen molar-refractivity contribution in [1.82, 2.24) is 14.9 Å². The van der Waals surface area contributed by atoms with Crippen LogP contribution in [0.4, 0.5) is 5.95 Å². The summed E-state index contributed by atoms with van der Waals surface area (Å²) in [5, 5.41) is 0. The molecule has 2 fully saturated rings. The molecule has 0 radical (unpaired) electrons. The molecule has 26 heavy (non-hydrogen) atoms. The number of anilines is 1. The van der Waals surface area contributed by atoms with Crippen molar-refractivity contribution in [2.45, 2.75) is 38.7 Å². The van der Waals surface area contributed by atoms with E-state index in [-0.39, 0.29) is 12.0 Å². The molecule has 4 rings (SSSR count). The van der Waals surface area contributed by atoms with Crippen molar-refractivity contribution in [3.63, 3.8) is 0 Å². The van der Waals surface area contributed by atoms with Crippen LogP contribution in [0.2, 0.25) is 0 Å². The molecule has 3 aliphatic heterocycles. The third-order valence-corrected chi connectivity index (χ3v) is 5.31. The molecule has 1 unspecified atom stereocenters. The molecule has 7 heteroatoms. The molecule has 0 aromatic carbocycles. The Kier molecular flexibility index (Phi) is 5.06. The monoisotopic (exact) mass is 358 g/mol. The first-order chi connectivity index (χ1) is 12.7. The molecule has 140 valence electrons. The van der Waals surface area contributed by atoms with Gasteiger partial charge < -0.3 is 19.3 Å². The number of allylic oxidation sites excluding steroid dienone is 1. The SMILES string of the molecule is CC1=C(C(=O)N2CCOC(c3ccnc(N4CCCC4)n3)C2)CCCO1. The number of carbonyl (C=O) groups is 1. The molecular weight excluding hydrogens is 332 g/mol. The Morgan fingerprint density at radius 3 is 2.85 bits per heavy atom. The minimum absolute atomic E-state index is 0.0734. The molecule has 7 nitrogen and oxygen atoms in total. The highest BCUT2D eigenvalue weighted by Crippen LogP contribution is 2.26. The molecule has 0 bridgehead atoms. The lowest BCUT2D eigenvalue weighted by molar-refractivity contribution is -0.135. The molecule has 1 aromatic rings. The van der Waals surface area contributed by atoms with Gasteiger partial charge in [-0.15, -0.1) is 0 Å². The fourth-order valence-electron chi connectivity index (χ4n) is 3.81. The van der Waals surface area contributed by atoms with E-state index >= 15 is 0 Å². The second kappa shape index (κ2) is 7.61. The maximum atomic E-state index is 12.9. The summed E-state index contributed by atoms with van der Waals surface area (Å²) in [5.74, 6) is 1.61. The highest BCUT2D eigenvalue weighted by atomic mass is 16.5. The van der Waals surface area contributed by atoms with Gasteiger partial charge in [0, 0.05) is 25.8 Å². The summed E-state index contributed by atoms with van der Waals surface area (Å²) >= 11 is 0. The summed E-state index contributed by atoms with van der Waals surface area (Å²) in [5.41, 5.74) is 1.65. The molecule has 0 aliphatic carbocycles. The summed E-state index contributed by atoms with van der Waals surface area (Å²) in [6, 6.07) is 1.90. The van der Waals surface area contributed by atoms with Crippen molar-refractivity contribution in [3.8, 4) is 0 Å². The van der Waals surface area contributed by atoms with Crippen molar-refractivity contribution in [3.05, 3.63) is 29.3 Å². The maximum absolute atomic E-state index is 12.9. The largest absolute Gasteiger partial charge is 0.498 e. The Bertz CT molecular complexity index is 700. The molecule has 0 saturated carbocycles. The zero-order valence-corrected chi connectivity index (χ0v) is 15.3. The van der Waals surface area contributed by atoms with Gasteiger partial charge in [-0.25, -0.2) is 9.97 Å². The van der Waals surface area contributed by atoms with Crippen LogP contribution in [-0.2, 0) is 14.3 Å². The van der Waals surface area contributed by atoms with Crippen LogP contribution in [0.15, 0.2) is 23.6 Å². The van der Waals surface area contributed by atoms with E-state index < -0.39 is 0 Å². The standard InChI is InChI=1S/C19H26N4O3/c1-14-15(5-4-11-25-14)18(24)23-10-12-26-17(13-23)16-6-7-20-19(21-16)22-8-2-3-9-22/h6-7,17H,2-5,8-13H2,1H3. The maximum Gasteiger partial charge on any atom is 0.253 e. The summed E-state index contributed by atoms with van der Waals surface area (Å²) in [4.78, 5) is 26.1. The minimum Gasteiger partial charge on any atom is -0.498 e. The second-order valence-electron chi connectivity index (χ2n) is 7.07. The lowest BCUT2D eigenvalue weighted by atomic mass is 10.0. The van der Waals surface area contributed by atoms with Crippen molar-refractivity contribution in [2.75, 3.05) is 44.3 Å². The summed E-state index contributed by atoms with van der Waals surface area (Å²) in [6.45, 7) is 6.25. The molecule has 0 spiro atoms. The quantitative estimate of drug-likeness (QED) is 0.824. The van der Waals surface area contributed by atoms with Crippen molar-refractivity contribution in [2.24, 2.45) is 0 Å². The summed E-state index contributed by atoms with van der Waals surface area (Å²) in [7, 11) is 0. The van der Waals surface area contributed by atoms with Gasteiger partial charge in [0.05, 0.1) is 31.0 Å². The predicted octanol–water partition coefficient (Wildman–Crippen LogP) is 2.06. The van der Waals surface area contributed by atoms with Crippen molar-refractivity contribution >= 4 is 11.9 Å². The third kappa shape index (κ3) is 3.53. The number of amides is 1. The van der Waals surface area contributed by atoms with E-state index in [9.17, 15) is 4.79 Å². The molecule has 1 aromatic heterocycles. The highest BCUT2D eigenvalue weighted by Gasteiger charge is 2.30. The van der Waals surface area contributed by atoms with Gasteiger partial charge in [0.2, 0.25) is 5.95 Å². The van der Waals surface area contributed by atoms with Crippen LogP contribution in [0.25, 0.3) is 0 Å². The van der Waals surface area contributed by atoms with Crippen LogP contribution < -0.4 is 4.90 Å². The van der Waals surface area contributed by atoms with E-state index in [2.05, 4.69) is 9.88 Å². The number of carbonyl (C=O) groups excluding carboxylic acids is 1. The van der Waals surface area contributed by atoms with Gasteiger partial charge in [0.15, 0.2) is 0 Å². The van der Waals surface area contributed by atoms with Crippen LogP contribution in [-0.4, -0.2) is 60.2 Å². The van der Waals surface area contributed by atoms with Gasteiger partial charge in [0.1, 0.15) is 11.9 Å². The van der Waals surface area contributed by atoms with Crippen LogP contribution in [0, 0.1) is 0 Å². The average molecular weight is 358 g/mol. The molecule has 3 aliphatic rings. The number of rotatable bonds is 3. The second-order valence-corrected chi connectivity index (χ2v) is 7.07. The smallest absolute Gasteiger partial charge is 0.253 e. The number of ether oxygens (including phenoxy) is 2. The lowest BCUT2D eigenvalue weighted by Gasteiger charge is -2.34. The number of morpholine rings is 1. The molecule has 1 atom stereocenters. The molecule has 2 saturated heterocycles. The van der Waals surface area contributed by atoms with Gasteiger partial charge in [-0.2, -0.15) is 0 Å². The number of aromatic nitrogens is 2. The molecule has 0 N–H and O–H groups in total. The van der Waals surface area contributed by atoms with E-state index in [4.69, 9.17) is 14.5 Å². The van der Waals surface area contributed by atoms with Crippen LogP contribution >= 0.6 is 0 Å². The fourth-order valence-corrected chi connectivity index (χ4v) is 3.81. The van der Waals surface area contributed by atoms with Crippen LogP contribution in [0.5, 0.6) is 0 Å². The third-order valence-electron chi connectivity index (χ3n) is 5.31. The Balaban J connectivity index is 1.48. The number of hydrogen-bond donors (Lipinski definition) is 0. The summed E-state index contributed by atoms with van der Waals surface area (Å²) in [6.07, 6.45) is 5.65. The fraction of sp³-hybridized carbons (Fsp3) is 0.632. The van der Waals surface area contributed by atoms with Crippen LogP contribution in [0.1, 0.15) is 44.4 Å². The first-order valence-corrected chi connectivity index (χ1v) is 9.53. The first kappa shape index (κ1) is 17.3. The van der Waals surface area contributed by atoms with Gasteiger partial charge in [-0.1, -0.05) is 0 Å². The zero-order chi connectivity index (χ0) is 17.9. The summed E-state index contributed by atoms with van der Waals surface area (Å²) < 4.78 is 11.5. The van der Waals surface area contributed by atoms with Gasteiger partial charge >= 0.3 is 0 Å².